The van der Waals surface area contributed by atoms with Gasteiger partial charge >= 0.3 is 0 Å². The number of aryl methyl sites for hydroxylation is 3. The molecule has 1 aromatic carbocycles. The van der Waals surface area contributed by atoms with E-state index in [1.165, 1.54) is 16.7 Å². The Balaban J connectivity index is 1.77. The molecule has 0 aliphatic rings. The molecular weight excluding hydrogens is 304 g/mol. The van der Waals surface area contributed by atoms with E-state index in [-0.39, 0.29) is 5.56 Å². The first-order valence-corrected chi connectivity index (χ1v) is 8.82. The summed E-state index contributed by atoms with van der Waals surface area (Å²) in [6.45, 7) is 6.17. The molecule has 0 radical (unpaired) electrons. The minimum absolute atomic E-state index is 0.00423. The van der Waals surface area contributed by atoms with Crippen molar-refractivity contribution in [2.45, 2.75) is 32.3 Å². The lowest BCUT2D eigenvalue weighted by Crippen LogP contribution is -2.17. The van der Waals surface area contributed by atoms with Crippen molar-refractivity contribution in [3.63, 3.8) is 0 Å². The summed E-state index contributed by atoms with van der Waals surface area (Å²) in [5.74, 6) is 1.68. The summed E-state index contributed by atoms with van der Waals surface area (Å²) in [5.41, 5.74) is 6.41. The summed E-state index contributed by atoms with van der Waals surface area (Å²) in [5, 5.41) is 0. The Morgan fingerprint density at radius 2 is 1.87 bits per heavy atom. The van der Waals surface area contributed by atoms with Gasteiger partial charge in [-0.2, -0.15) is 11.8 Å². The van der Waals surface area contributed by atoms with E-state index in [1.54, 1.807) is 22.2 Å². The van der Waals surface area contributed by atoms with Crippen molar-refractivity contribution in [1.82, 2.24) is 9.38 Å². The first kappa shape index (κ1) is 15.8. The van der Waals surface area contributed by atoms with Gasteiger partial charge in [0.2, 0.25) is 0 Å². The third-order valence-electron chi connectivity index (χ3n) is 3.95. The van der Waals surface area contributed by atoms with Crippen LogP contribution in [0.1, 0.15) is 28.1 Å². The van der Waals surface area contributed by atoms with Crippen LogP contribution in [0.4, 0.5) is 0 Å². The molecule has 0 spiro atoms. The molecule has 0 N–H and O–H groups in total. The zero-order valence-electron chi connectivity index (χ0n) is 13.7. The normalized spacial score (nSPS) is 11.1. The monoisotopic (exact) mass is 324 g/mol. The summed E-state index contributed by atoms with van der Waals surface area (Å²) in [6.07, 6.45) is 0. The van der Waals surface area contributed by atoms with Crippen LogP contribution in [-0.2, 0) is 11.5 Å². The van der Waals surface area contributed by atoms with Crippen molar-refractivity contribution in [2.24, 2.45) is 0 Å². The zero-order valence-corrected chi connectivity index (χ0v) is 14.5. The molecule has 0 amide bonds. The Hall–Kier alpha value is -2.07. The van der Waals surface area contributed by atoms with Crippen LogP contribution in [0.2, 0.25) is 0 Å². The Kier molecular flexibility index (Phi) is 4.53. The van der Waals surface area contributed by atoms with Crippen LogP contribution in [0.3, 0.4) is 0 Å². The summed E-state index contributed by atoms with van der Waals surface area (Å²) >= 11 is 1.79. The lowest BCUT2D eigenvalue weighted by atomic mass is 10.1. The first-order valence-electron chi connectivity index (χ1n) is 7.67. The quantitative estimate of drug-likeness (QED) is 0.726. The van der Waals surface area contributed by atoms with Crippen molar-refractivity contribution >= 4 is 17.4 Å². The number of nitrogens with zero attached hydrogens (tertiary/aromatic N) is 2. The van der Waals surface area contributed by atoms with E-state index in [9.17, 15) is 4.79 Å². The van der Waals surface area contributed by atoms with Crippen molar-refractivity contribution in [1.29, 1.82) is 0 Å². The molecule has 0 unspecified atom stereocenters. The number of pyridine rings is 1. The third kappa shape index (κ3) is 3.48. The topological polar surface area (TPSA) is 34.4 Å². The average Bonchev–Trinajstić information content (AvgIpc) is 2.50. The summed E-state index contributed by atoms with van der Waals surface area (Å²) in [7, 11) is 0. The fraction of sp³-hybridized carbons (Fsp3) is 0.263. The van der Waals surface area contributed by atoms with Gasteiger partial charge in [0.1, 0.15) is 5.65 Å². The predicted molar refractivity (Wildman–Crippen MR) is 97.1 cm³/mol. The highest BCUT2D eigenvalue weighted by Crippen LogP contribution is 2.20. The van der Waals surface area contributed by atoms with Crippen molar-refractivity contribution in [3.05, 3.63) is 80.9 Å². The van der Waals surface area contributed by atoms with Gasteiger partial charge in [-0.25, -0.2) is 4.98 Å². The molecular formula is C19H20N2OS. The van der Waals surface area contributed by atoms with E-state index in [1.807, 2.05) is 25.1 Å². The largest absolute Gasteiger partial charge is 0.269 e. The lowest BCUT2D eigenvalue weighted by molar-refractivity contribution is 0.968. The van der Waals surface area contributed by atoms with Crippen LogP contribution in [-0.4, -0.2) is 9.38 Å². The number of benzene rings is 1. The number of aromatic nitrogens is 2. The van der Waals surface area contributed by atoms with E-state index >= 15 is 0 Å². The fourth-order valence-corrected chi connectivity index (χ4v) is 3.65. The van der Waals surface area contributed by atoms with E-state index in [4.69, 9.17) is 0 Å². The molecule has 3 nitrogen and oxygen atoms in total. The van der Waals surface area contributed by atoms with Gasteiger partial charge in [0, 0.05) is 23.3 Å². The second kappa shape index (κ2) is 6.59. The molecule has 23 heavy (non-hydrogen) atoms. The molecule has 0 saturated heterocycles. The standard InChI is InChI=1S/C19H20N2OS/c1-13-7-8-14(2)16(9-13)11-23-12-17-10-19(22)21-15(3)5-4-6-18(21)20-17/h4-10H,11-12H2,1-3H3. The second-order valence-corrected chi connectivity index (χ2v) is 6.85. The molecule has 4 heteroatoms. The van der Waals surface area contributed by atoms with E-state index in [0.29, 0.717) is 0 Å². The molecule has 118 valence electrons. The van der Waals surface area contributed by atoms with Crippen molar-refractivity contribution in [3.8, 4) is 0 Å². The Morgan fingerprint density at radius 1 is 1.04 bits per heavy atom. The number of hydrogen-bond donors (Lipinski definition) is 0. The maximum atomic E-state index is 12.3. The zero-order chi connectivity index (χ0) is 16.4. The highest BCUT2D eigenvalue weighted by molar-refractivity contribution is 7.97. The highest BCUT2D eigenvalue weighted by Gasteiger charge is 2.05. The van der Waals surface area contributed by atoms with E-state index in [2.05, 4.69) is 37.0 Å². The second-order valence-electron chi connectivity index (χ2n) is 5.87. The fourth-order valence-electron chi connectivity index (χ4n) is 2.66. The van der Waals surface area contributed by atoms with Gasteiger partial charge < -0.3 is 0 Å². The molecule has 3 aromatic rings. The van der Waals surface area contributed by atoms with E-state index < -0.39 is 0 Å². The van der Waals surface area contributed by atoms with Gasteiger partial charge in [0.25, 0.3) is 5.56 Å². The van der Waals surface area contributed by atoms with Gasteiger partial charge in [0.15, 0.2) is 0 Å². The molecule has 2 aromatic heterocycles. The lowest BCUT2D eigenvalue weighted by Gasteiger charge is -2.08. The smallest absolute Gasteiger partial charge is 0.258 e. The molecule has 0 aliphatic carbocycles. The Morgan fingerprint density at radius 3 is 2.70 bits per heavy atom. The number of fused-ring (bicyclic) bond motifs is 1. The summed E-state index contributed by atoms with van der Waals surface area (Å²) in [6, 6.07) is 13.9. The molecule has 0 bridgehead atoms. The SMILES string of the molecule is Cc1ccc(C)c(CSCc2cc(=O)n3c(C)cccc3n2)c1. The highest BCUT2D eigenvalue weighted by atomic mass is 32.2. The first-order chi connectivity index (χ1) is 11.0. The molecule has 0 fully saturated rings. The van der Waals surface area contributed by atoms with Gasteiger partial charge in [0.05, 0.1) is 5.69 Å². The third-order valence-corrected chi connectivity index (χ3v) is 4.96. The van der Waals surface area contributed by atoms with Gasteiger partial charge in [-0.3, -0.25) is 9.20 Å². The van der Waals surface area contributed by atoms with Crippen molar-refractivity contribution in [2.75, 3.05) is 0 Å². The van der Waals surface area contributed by atoms with Gasteiger partial charge in [-0.15, -0.1) is 0 Å². The summed E-state index contributed by atoms with van der Waals surface area (Å²) < 4.78 is 1.65. The number of hydrogen-bond acceptors (Lipinski definition) is 3. The minimum Gasteiger partial charge on any atom is -0.269 e. The Bertz CT molecular complexity index is 915. The molecule has 0 aliphatic heterocycles. The van der Waals surface area contributed by atoms with Gasteiger partial charge in [-0.1, -0.05) is 29.8 Å². The molecule has 0 atom stereocenters. The maximum absolute atomic E-state index is 12.3. The van der Waals surface area contributed by atoms with Crippen LogP contribution in [0, 0.1) is 20.8 Å². The van der Waals surface area contributed by atoms with Crippen LogP contribution in [0.15, 0.2) is 47.3 Å². The number of rotatable bonds is 4. The minimum atomic E-state index is -0.00423. The molecule has 2 heterocycles. The molecule has 0 saturated carbocycles. The van der Waals surface area contributed by atoms with Crippen LogP contribution >= 0.6 is 11.8 Å². The predicted octanol–water partition coefficient (Wildman–Crippen LogP) is 4.05. The maximum Gasteiger partial charge on any atom is 0.258 e. The van der Waals surface area contributed by atoms with Crippen LogP contribution in [0.5, 0.6) is 0 Å². The van der Waals surface area contributed by atoms with Crippen molar-refractivity contribution < 1.29 is 0 Å². The molecule has 3 rings (SSSR count). The summed E-state index contributed by atoms with van der Waals surface area (Å²) in [4.78, 5) is 16.9. The van der Waals surface area contributed by atoms with Crippen LogP contribution < -0.4 is 5.56 Å². The van der Waals surface area contributed by atoms with E-state index in [0.717, 1.165) is 28.5 Å². The van der Waals surface area contributed by atoms with Crippen LogP contribution in [0.25, 0.3) is 5.65 Å². The van der Waals surface area contributed by atoms with Gasteiger partial charge in [-0.05, 0) is 44.0 Å². The number of thioether (sulfide) groups is 1. The Labute approximate surface area is 140 Å². The average molecular weight is 324 g/mol.